The summed E-state index contributed by atoms with van der Waals surface area (Å²) in [6.07, 6.45) is 1.47. The number of carbonyl (C=O) groups is 3. The second-order valence-corrected chi connectivity index (χ2v) is 5.50. The topological polar surface area (TPSA) is 168 Å². The Bertz CT molecular complexity index is 867. The van der Waals surface area contributed by atoms with Gasteiger partial charge < -0.3 is 20.4 Å². The molecule has 1 heterocycles. The quantitative estimate of drug-likeness (QED) is 0.366. The van der Waals surface area contributed by atoms with Crippen LogP contribution in [-0.2, 0) is 11.3 Å². The molecule has 0 aliphatic carbocycles. The first-order valence-electron chi connectivity index (χ1n) is 8.00. The molecule has 2 aromatic rings. The maximum absolute atomic E-state index is 11.8. The van der Waals surface area contributed by atoms with Crippen molar-refractivity contribution in [2.24, 2.45) is 0 Å². The predicted molar refractivity (Wildman–Crippen MR) is 97.1 cm³/mol. The predicted octanol–water partition coefficient (Wildman–Crippen LogP) is 1.15. The highest BCUT2D eigenvalue weighted by Crippen LogP contribution is 2.21. The van der Waals surface area contributed by atoms with Gasteiger partial charge in [0.15, 0.2) is 0 Å². The molecule has 0 saturated heterocycles. The second-order valence-electron chi connectivity index (χ2n) is 5.50. The van der Waals surface area contributed by atoms with Crippen LogP contribution in [0.5, 0.6) is 0 Å². The molecule has 0 bridgehead atoms. The van der Waals surface area contributed by atoms with E-state index >= 15 is 0 Å². The van der Waals surface area contributed by atoms with E-state index in [2.05, 4.69) is 26.8 Å². The van der Waals surface area contributed by atoms with Crippen LogP contribution in [0.25, 0.3) is 0 Å². The molecule has 148 valence electrons. The molecule has 28 heavy (non-hydrogen) atoms. The van der Waals surface area contributed by atoms with Gasteiger partial charge in [0.1, 0.15) is 12.3 Å². The molecular weight excluding hydrogens is 372 g/mol. The Balaban J connectivity index is 1.70. The number of hydrogen-bond donors (Lipinski definition) is 5. The lowest BCUT2D eigenvalue weighted by Gasteiger charge is -2.11. The number of non-ortho nitro benzene ring substituents is 1. The molecule has 1 aromatic carbocycles. The van der Waals surface area contributed by atoms with Crippen molar-refractivity contribution in [1.29, 1.82) is 0 Å². The summed E-state index contributed by atoms with van der Waals surface area (Å²) in [5.74, 6) is -0.131. The summed E-state index contributed by atoms with van der Waals surface area (Å²) in [5.41, 5.74) is 4.80. The Morgan fingerprint density at radius 1 is 1.11 bits per heavy atom. The average molecular weight is 390 g/mol. The summed E-state index contributed by atoms with van der Waals surface area (Å²) in [4.78, 5) is 45.2. The molecule has 0 unspecified atom stereocenters. The lowest BCUT2D eigenvalue weighted by atomic mass is 10.2. The Hall–Kier alpha value is -4.09. The number of urea groups is 2. The number of nitrogens with zero attached hydrogens (tertiary/aromatic N) is 1. The summed E-state index contributed by atoms with van der Waals surface area (Å²) in [6, 6.07) is 5.94. The van der Waals surface area contributed by atoms with Crippen LogP contribution in [0.1, 0.15) is 11.3 Å². The minimum absolute atomic E-state index is 0.156. The number of rotatable bonds is 6. The number of hydrazine groups is 1. The second kappa shape index (κ2) is 9.56. The number of aryl methyl sites for hydroxylation is 1. The van der Waals surface area contributed by atoms with Crippen molar-refractivity contribution < 1.29 is 23.7 Å². The van der Waals surface area contributed by atoms with Gasteiger partial charge in [-0.3, -0.25) is 20.3 Å². The lowest BCUT2D eigenvalue weighted by Crippen LogP contribution is -2.49. The molecule has 0 radical (unpaired) electrons. The average Bonchev–Trinajstić information content (AvgIpc) is 3.18. The fourth-order valence-electron chi connectivity index (χ4n) is 1.99. The van der Waals surface area contributed by atoms with Crippen molar-refractivity contribution >= 4 is 29.3 Å². The number of anilines is 1. The van der Waals surface area contributed by atoms with Crippen molar-refractivity contribution in [3.8, 4) is 0 Å². The highest BCUT2D eigenvalue weighted by Gasteiger charge is 2.12. The van der Waals surface area contributed by atoms with E-state index in [1.165, 1.54) is 24.5 Å². The van der Waals surface area contributed by atoms with Crippen molar-refractivity contribution in [2.45, 2.75) is 13.5 Å². The molecule has 0 saturated carbocycles. The number of nitro groups is 1. The van der Waals surface area contributed by atoms with Crippen LogP contribution in [0, 0.1) is 17.0 Å². The Kier molecular flexibility index (Phi) is 6.91. The molecule has 5 amide bonds. The number of nitro benzene ring substituents is 1. The van der Waals surface area contributed by atoms with Gasteiger partial charge in [0, 0.05) is 12.1 Å². The molecule has 1 aromatic heterocycles. The zero-order chi connectivity index (χ0) is 20.5. The van der Waals surface area contributed by atoms with E-state index in [1.54, 1.807) is 19.1 Å². The summed E-state index contributed by atoms with van der Waals surface area (Å²) in [7, 11) is 0. The first-order chi connectivity index (χ1) is 13.3. The van der Waals surface area contributed by atoms with Crippen LogP contribution >= 0.6 is 0 Å². The highest BCUT2D eigenvalue weighted by molar-refractivity contribution is 5.92. The van der Waals surface area contributed by atoms with Crippen molar-refractivity contribution in [3.63, 3.8) is 0 Å². The van der Waals surface area contributed by atoms with E-state index in [0.717, 1.165) is 0 Å². The van der Waals surface area contributed by atoms with E-state index in [9.17, 15) is 24.5 Å². The number of amides is 5. The van der Waals surface area contributed by atoms with E-state index in [0.29, 0.717) is 11.3 Å². The van der Waals surface area contributed by atoms with Crippen LogP contribution in [0.2, 0.25) is 0 Å². The SMILES string of the molecule is Cc1ccc([N+](=O)[O-])cc1NC(=O)NNC(=O)CNC(=O)NCc1ccco1. The molecule has 12 nitrogen and oxygen atoms in total. The molecular formula is C16H18N6O6. The van der Waals surface area contributed by atoms with Gasteiger partial charge in [0.2, 0.25) is 0 Å². The van der Waals surface area contributed by atoms with Crippen LogP contribution in [-0.4, -0.2) is 29.4 Å². The molecule has 0 spiro atoms. The number of furan rings is 1. The monoisotopic (exact) mass is 390 g/mol. The number of benzene rings is 1. The molecule has 5 N–H and O–H groups in total. The zero-order valence-electron chi connectivity index (χ0n) is 14.8. The fraction of sp³-hybridized carbons (Fsp3) is 0.188. The third-order valence-electron chi connectivity index (χ3n) is 3.41. The molecule has 12 heteroatoms. The number of carbonyl (C=O) groups excluding carboxylic acids is 3. The fourth-order valence-corrected chi connectivity index (χ4v) is 1.99. The lowest BCUT2D eigenvalue weighted by molar-refractivity contribution is -0.384. The van der Waals surface area contributed by atoms with Gasteiger partial charge in [-0.25, -0.2) is 15.0 Å². The Labute approximate surface area is 158 Å². The van der Waals surface area contributed by atoms with Crippen LogP contribution in [0.4, 0.5) is 21.0 Å². The third kappa shape index (κ3) is 6.33. The largest absolute Gasteiger partial charge is 0.467 e. The van der Waals surface area contributed by atoms with Crippen LogP contribution in [0.15, 0.2) is 41.0 Å². The Morgan fingerprint density at radius 3 is 2.57 bits per heavy atom. The van der Waals surface area contributed by atoms with Gasteiger partial charge in [-0.2, -0.15) is 0 Å². The van der Waals surface area contributed by atoms with Crippen LogP contribution < -0.4 is 26.8 Å². The first kappa shape index (κ1) is 20.2. The normalized spacial score (nSPS) is 9.89. The van der Waals surface area contributed by atoms with Gasteiger partial charge >= 0.3 is 12.1 Å². The van der Waals surface area contributed by atoms with Gasteiger partial charge in [0.25, 0.3) is 11.6 Å². The minimum Gasteiger partial charge on any atom is -0.467 e. The van der Waals surface area contributed by atoms with E-state index in [4.69, 9.17) is 4.42 Å². The maximum atomic E-state index is 11.8. The minimum atomic E-state index is -0.806. The summed E-state index contributed by atoms with van der Waals surface area (Å²) in [5, 5.41) is 17.9. The maximum Gasteiger partial charge on any atom is 0.337 e. The third-order valence-corrected chi connectivity index (χ3v) is 3.41. The summed E-state index contributed by atoms with van der Waals surface area (Å²) < 4.78 is 5.04. The van der Waals surface area contributed by atoms with E-state index in [-0.39, 0.29) is 24.5 Å². The van der Waals surface area contributed by atoms with E-state index < -0.39 is 22.9 Å². The standard InChI is InChI=1S/C16H18N6O6/c1-10-4-5-11(22(26)27)7-13(10)19-16(25)21-20-14(23)9-18-15(24)17-8-12-3-2-6-28-12/h2-7H,8-9H2,1H3,(H,20,23)(H2,17,18,24)(H2,19,21,25). The molecule has 0 aliphatic heterocycles. The number of nitrogens with one attached hydrogen (secondary N) is 5. The van der Waals surface area contributed by atoms with Crippen LogP contribution in [0.3, 0.4) is 0 Å². The van der Waals surface area contributed by atoms with Gasteiger partial charge in [-0.15, -0.1) is 0 Å². The summed E-state index contributed by atoms with van der Waals surface area (Å²) in [6.45, 7) is 1.42. The van der Waals surface area contributed by atoms with Crippen molar-refractivity contribution in [3.05, 3.63) is 58.0 Å². The smallest absolute Gasteiger partial charge is 0.337 e. The summed E-state index contributed by atoms with van der Waals surface area (Å²) >= 11 is 0. The van der Waals surface area contributed by atoms with E-state index in [1.807, 2.05) is 0 Å². The Morgan fingerprint density at radius 2 is 1.89 bits per heavy atom. The molecule has 0 aliphatic rings. The van der Waals surface area contributed by atoms with Gasteiger partial charge in [-0.1, -0.05) is 6.07 Å². The van der Waals surface area contributed by atoms with Crippen molar-refractivity contribution in [2.75, 3.05) is 11.9 Å². The zero-order valence-corrected chi connectivity index (χ0v) is 14.8. The highest BCUT2D eigenvalue weighted by atomic mass is 16.6. The first-order valence-corrected chi connectivity index (χ1v) is 8.00. The van der Waals surface area contributed by atoms with Gasteiger partial charge in [0.05, 0.1) is 23.4 Å². The number of hydrogen-bond acceptors (Lipinski definition) is 6. The van der Waals surface area contributed by atoms with Crippen molar-refractivity contribution in [1.82, 2.24) is 21.5 Å². The molecule has 0 fully saturated rings. The molecule has 0 atom stereocenters. The van der Waals surface area contributed by atoms with Gasteiger partial charge in [-0.05, 0) is 24.6 Å². The molecule has 2 rings (SSSR count).